The molecule has 0 saturated carbocycles. The average Bonchev–Trinajstić information content (AvgIpc) is 2.91. The molecule has 0 saturated heterocycles. The quantitative estimate of drug-likeness (QED) is 0.382. The van der Waals surface area contributed by atoms with Crippen LogP contribution in [0.5, 0.6) is 5.75 Å². The van der Waals surface area contributed by atoms with Crippen LogP contribution in [0.1, 0.15) is 26.3 Å². The monoisotopic (exact) mass is 559 g/mol. The van der Waals surface area contributed by atoms with Crippen LogP contribution < -0.4 is 14.4 Å². The number of halogens is 2. The predicted octanol–water partition coefficient (Wildman–Crippen LogP) is 4.11. The average molecular weight is 560 g/mol. The molecule has 0 spiro atoms. The first kappa shape index (κ1) is 29.6. The molecule has 0 aliphatic heterocycles. The second-order valence-corrected chi connectivity index (χ2v) is 11.0. The minimum absolute atomic E-state index is 0.0331. The SMILES string of the molecule is COc1ccc(S(=O)(=O)N(CC(=O)N(Cc2ccccc2F)C(C)C(=O)NC(C)C)c2ccc(F)cc2)cc1. The van der Waals surface area contributed by atoms with Crippen LogP contribution in [0.2, 0.25) is 0 Å². The van der Waals surface area contributed by atoms with Crippen molar-refractivity contribution in [1.29, 1.82) is 0 Å². The molecule has 0 aliphatic carbocycles. The smallest absolute Gasteiger partial charge is 0.264 e. The van der Waals surface area contributed by atoms with E-state index < -0.39 is 46.1 Å². The van der Waals surface area contributed by atoms with Gasteiger partial charge in [-0.05, 0) is 75.4 Å². The minimum Gasteiger partial charge on any atom is -0.497 e. The van der Waals surface area contributed by atoms with Crippen molar-refractivity contribution in [3.63, 3.8) is 0 Å². The molecule has 3 rings (SSSR count). The number of amides is 2. The first-order valence-corrected chi connectivity index (χ1v) is 13.6. The summed E-state index contributed by atoms with van der Waals surface area (Å²) in [6.07, 6.45) is 0. The second kappa shape index (κ2) is 12.7. The fourth-order valence-corrected chi connectivity index (χ4v) is 5.22. The maximum absolute atomic E-state index is 14.5. The summed E-state index contributed by atoms with van der Waals surface area (Å²) >= 11 is 0. The Bertz CT molecular complexity index is 1400. The highest BCUT2D eigenvalue weighted by Crippen LogP contribution is 2.26. The van der Waals surface area contributed by atoms with Crippen LogP contribution in [0.25, 0.3) is 0 Å². The third-order valence-electron chi connectivity index (χ3n) is 5.94. The van der Waals surface area contributed by atoms with E-state index in [-0.39, 0.29) is 28.7 Å². The molecule has 0 aliphatic rings. The number of nitrogens with zero attached hydrogens (tertiary/aromatic N) is 2. The molecule has 0 radical (unpaired) electrons. The Morgan fingerprint density at radius 1 is 0.923 bits per heavy atom. The van der Waals surface area contributed by atoms with Gasteiger partial charge in [0.05, 0.1) is 17.7 Å². The highest BCUT2D eigenvalue weighted by molar-refractivity contribution is 7.92. The summed E-state index contributed by atoms with van der Waals surface area (Å²) in [6.45, 7) is 3.99. The van der Waals surface area contributed by atoms with Crippen LogP contribution in [0.4, 0.5) is 14.5 Å². The van der Waals surface area contributed by atoms with E-state index in [1.807, 2.05) is 0 Å². The number of methoxy groups -OCH3 is 1. The van der Waals surface area contributed by atoms with Gasteiger partial charge in [-0.15, -0.1) is 0 Å². The van der Waals surface area contributed by atoms with Crippen molar-refractivity contribution < 1.29 is 31.5 Å². The maximum atomic E-state index is 14.5. The normalized spacial score (nSPS) is 12.1. The lowest BCUT2D eigenvalue weighted by Gasteiger charge is -2.32. The molecule has 11 heteroatoms. The Balaban J connectivity index is 2.04. The van der Waals surface area contributed by atoms with Crippen LogP contribution in [-0.4, -0.2) is 50.9 Å². The van der Waals surface area contributed by atoms with E-state index in [1.54, 1.807) is 19.9 Å². The molecule has 8 nitrogen and oxygen atoms in total. The third-order valence-corrected chi connectivity index (χ3v) is 7.73. The molecule has 208 valence electrons. The van der Waals surface area contributed by atoms with Crippen molar-refractivity contribution in [3.05, 3.63) is 90.0 Å². The standard InChI is InChI=1S/C28H31F2N3O5S/c1-19(2)31-28(35)20(3)32(17-21-7-5-6-8-26(21)30)27(34)18-33(23-11-9-22(29)10-12-23)39(36,37)25-15-13-24(38-4)14-16-25/h5-16,19-20H,17-18H2,1-4H3,(H,31,35). The highest BCUT2D eigenvalue weighted by Gasteiger charge is 2.33. The lowest BCUT2D eigenvalue weighted by atomic mass is 10.1. The molecule has 2 amide bonds. The van der Waals surface area contributed by atoms with E-state index in [0.717, 1.165) is 21.3 Å². The predicted molar refractivity (Wildman–Crippen MR) is 144 cm³/mol. The summed E-state index contributed by atoms with van der Waals surface area (Å²) in [4.78, 5) is 27.6. The molecule has 0 fully saturated rings. The molecule has 39 heavy (non-hydrogen) atoms. The second-order valence-electron chi connectivity index (χ2n) is 9.12. The van der Waals surface area contributed by atoms with Gasteiger partial charge in [0.15, 0.2) is 0 Å². The van der Waals surface area contributed by atoms with E-state index in [1.165, 1.54) is 68.6 Å². The number of rotatable bonds is 11. The van der Waals surface area contributed by atoms with Crippen LogP contribution in [0, 0.1) is 11.6 Å². The van der Waals surface area contributed by atoms with Gasteiger partial charge in [0, 0.05) is 18.2 Å². The van der Waals surface area contributed by atoms with Crippen molar-refractivity contribution >= 4 is 27.5 Å². The van der Waals surface area contributed by atoms with Gasteiger partial charge in [-0.1, -0.05) is 18.2 Å². The van der Waals surface area contributed by atoms with Gasteiger partial charge in [-0.25, -0.2) is 17.2 Å². The number of anilines is 1. The summed E-state index contributed by atoms with van der Waals surface area (Å²) in [7, 11) is -2.90. The van der Waals surface area contributed by atoms with Crippen molar-refractivity contribution in [2.75, 3.05) is 18.0 Å². The molecule has 0 bridgehead atoms. The lowest BCUT2D eigenvalue weighted by Crippen LogP contribution is -2.52. The summed E-state index contributed by atoms with van der Waals surface area (Å²) in [5.74, 6) is -1.98. The number of hydrogen-bond donors (Lipinski definition) is 1. The van der Waals surface area contributed by atoms with E-state index in [2.05, 4.69) is 5.32 Å². The van der Waals surface area contributed by atoms with Crippen molar-refractivity contribution in [3.8, 4) is 5.75 Å². The maximum Gasteiger partial charge on any atom is 0.264 e. The minimum atomic E-state index is -4.33. The topological polar surface area (TPSA) is 96.0 Å². The Morgan fingerprint density at radius 2 is 1.54 bits per heavy atom. The van der Waals surface area contributed by atoms with Crippen LogP contribution in [0.15, 0.2) is 77.7 Å². The molecule has 0 heterocycles. The lowest BCUT2D eigenvalue weighted by molar-refractivity contribution is -0.139. The van der Waals surface area contributed by atoms with Crippen molar-refractivity contribution in [1.82, 2.24) is 10.2 Å². The van der Waals surface area contributed by atoms with E-state index in [4.69, 9.17) is 4.74 Å². The number of sulfonamides is 1. The molecule has 1 unspecified atom stereocenters. The summed E-state index contributed by atoms with van der Waals surface area (Å²) in [5.41, 5.74) is 0.187. The zero-order chi connectivity index (χ0) is 28.7. The fourth-order valence-electron chi connectivity index (χ4n) is 3.81. The Morgan fingerprint density at radius 3 is 2.10 bits per heavy atom. The van der Waals surface area contributed by atoms with Gasteiger partial charge in [0.25, 0.3) is 10.0 Å². The fraction of sp³-hybridized carbons (Fsp3) is 0.286. The van der Waals surface area contributed by atoms with Crippen LogP contribution in [0.3, 0.4) is 0 Å². The van der Waals surface area contributed by atoms with E-state index in [9.17, 15) is 26.8 Å². The highest BCUT2D eigenvalue weighted by atomic mass is 32.2. The summed E-state index contributed by atoms with van der Waals surface area (Å²) in [6, 6.07) is 14.7. The molecule has 1 atom stereocenters. The van der Waals surface area contributed by atoms with Gasteiger partial charge in [-0.2, -0.15) is 0 Å². The largest absolute Gasteiger partial charge is 0.497 e. The number of hydrogen-bond acceptors (Lipinski definition) is 5. The molecule has 0 aromatic heterocycles. The number of nitrogens with one attached hydrogen (secondary N) is 1. The van der Waals surface area contributed by atoms with Gasteiger partial charge in [0.1, 0.15) is 30.0 Å². The first-order chi connectivity index (χ1) is 18.4. The number of benzene rings is 3. The summed E-state index contributed by atoms with van der Waals surface area (Å²) in [5, 5.41) is 2.72. The Kier molecular flexibility index (Phi) is 9.63. The zero-order valence-electron chi connectivity index (χ0n) is 22.1. The van der Waals surface area contributed by atoms with E-state index in [0.29, 0.717) is 5.75 Å². The van der Waals surface area contributed by atoms with Crippen molar-refractivity contribution in [2.45, 2.75) is 44.3 Å². The van der Waals surface area contributed by atoms with Gasteiger partial charge in [-0.3, -0.25) is 13.9 Å². The van der Waals surface area contributed by atoms with Gasteiger partial charge in [0.2, 0.25) is 11.8 Å². The number of carbonyl (C=O) groups is 2. The summed E-state index contributed by atoms with van der Waals surface area (Å²) < 4.78 is 61.6. The van der Waals surface area contributed by atoms with Gasteiger partial charge < -0.3 is 15.0 Å². The molecular formula is C28H31F2N3O5S. The first-order valence-electron chi connectivity index (χ1n) is 12.2. The molecule has 3 aromatic carbocycles. The number of carbonyl (C=O) groups excluding carboxylic acids is 2. The van der Waals surface area contributed by atoms with Crippen molar-refractivity contribution in [2.24, 2.45) is 0 Å². The molecule has 1 N–H and O–H groups in total. The third kappa shape index (κ3) is 7.32. The number of ether oxygens (including phenoxy) is 1. The van der Waals surface area contributed by atoms with Gasteiger partial charge >= 0.3 is 0 Å². The zero-order valence-corrected chi connectivity index (χ0v) is 22.9. The molecule has 3 aromatic rings. The van der Waals surface area contributed by atoms with E-state index >= 15 is 0 Å². The Labute approximate surface area is 227 Å². The van der Waals surface area contributed by atoms with Crippen LogP contribution >= 0.6 is 0 Å². The Hall–Kier alpha value is -3.99. The van der Waals surface area contributed by atoms with Crippen LogP contribution in [-0.2, 0) is 26.2 Å². The molecular weight excluding hydrogens is 528 g/mol.